The fourth-order valence-corrected chi connectivity index (χ4v) is 3.48. The Labute approximate surface area is 191 Å². The van der Waals surface area contributed by atoms with Gasteiger partial charge in [0, 0.05) is 37.6 Å². The summed E-state index contributed by atoms with van der Waals surface area (Å²) in [5.74, 6) is -0.149. The largest absolute Gasteiger partial charge is 0.481 e. The Morgan fingerprint density at radius 2 is 1.91 bits per heavy atom. The molecule has 9 nitrogen and oxygen atoms in total. The first-order valence-corrected chi connectivity index (χ1v) is 10.9. The van der Waals surface area contributed by atoms with Crippen molar-refractivity contribution in [2.45, 2.75) is 45.1 Å². The first kappa shape index (κ1) is 23.8. The summed E-state index contributed by atoms with van der Waals surface area (Å²) in [4.78, 5) is 39.1. The van der Waals surface area contributed by atoms with Gasteiger partial charge in [0.05, 0.1) is 12.0 Å². The molecule has 0 saturated heterocycles. The Balaban J connectivity index is 1.50. The van der Waals surface area contributed by atoms with Gasteiger partial charge in [0.1, 0.15) is 5.76 Å². The molecule has 0 unspecified atom stereocenters. The zero-order valence-corrected chi connectivity index (χ0v) is 18.3. The molecule has 3 aromatic rings. The monoisotopic (exact) mass is 452 g/mol. The van der Waals surface area contributed by atoms with Gasteiger partial charge in [0.2, 0.25) is 11.9 Å². The van der Waals surface area contributed by atoms with Crippen LogP contribution >= 0.6 is 0 Å². The maximum absolute atomic E-state index is 12.5. The van der Waals surface area contributed by atoms with E-state index in [-0.39, 0.29) is 43.3 Å². The van der Waals surface area contributed by atoms with Gasteiger partial charge in [-0.15, -0.1) is 0 Å². The summed E-state index contributed by atoms with van der Waals surface area (Å²) < 4.78 is 6.77. The van der Waals surface area contributed by atoms with Gasteiger partial charge in [-0.3, -0.25) is 19.0 Å². The number of nitrogens with zero attached hydrogens (tertiary/aromatic N) is 2. The van der Waals surface area contributed by atoms with Crippen molar-refractivity contribution in [2.75, 3.05) is 12.3 Å². The first-order chi connectivity index (χ1) is 15.9. The number of unbranched alkanes of at least 4 members (excludes halogenated alkanes) is 1. The van der Waals surface area contributed by atoms with E-state index >= 15 is 0 Å². The molecule has 2 heterocycles. The Bertz CT molecular complexity index is 1140. The number of anilines is 1. The summed E-state index contributed by atoms with van der Waals surface area (Å²) in [6.07, 6.45) is 4.14. The third kappa shape index (κ3) is 7.34. The number of aryl methyl sites for hydroxylation is 2. The third-order valence-electron chi connectivity index (χ3n) is 5.20. The number of furan rings is 1. The van der Waals surface area contributed by atoms with E-state index in [4.69, 9.17) is 15.3 Å². The van der Waals surface area contributed by atoms with Gasteiger partial charge in [-0.2, -0.15) is 0 Å². The Kier molecular flexibility index (Phi) is 8.40. The molecule has 0 aliphatic rings. The number of aromatic nitrogens is 2. The predicted octanol–water partition coefficient (Wildman–Crippen LogP) is 2.63. The van der Waals surface area contributed by atoms with Crippen molar-refractivity contribution in [1.29, 1.82) is 0 Å². The lowest BCUT2D eigenvalue weighted by Crippen LogP contribution is -2.32. The second-order valence-electron chi connectivity index (χ2n) is 7.72. The summed E-state index contributed by atoms with van der Waals surface area (Å²) >= 11 is 0. The van der Waals surface area contributed by atoms with E-state index in [0.29, 0.717) is 31.4 Å². The summed E-state index contributed by atoms with van der Waals surface area (Å²) in [6, 6.07) is 13.2. The van der Waals surface area contributed by atoms with Crippen molar-refractivity contribution >= 4 is 17.8 Å². The van der Waals surface area contributed by atoms with Crippen LogP contribution in [0.15, 0.2) is 57.9 Å². The van der Waals surface area contributed by atoms with Crippen LogP contribution in [0.4, 0.5) is 5.95 Å². The number of benzene rings is 1. The fourth-order valence-electron chi connectivity index (χ4n) is 3.48. The third-order valence-corrected chi connectivity index (χ3v) is 5.20. The van der Waals surface area contributed by atoms with Crippen molar-refractivity contribution in [3.63, 3.8) is 0 Å². The number of nitrogens with two attached hydrogens (primary N) is 1. The van der Waals surface area contributed by atoms with Crippen molar-refractivity contribution in [3.05, 3.63) is 70.3 Å². The molecular formula is C24H28N4O5. The second-order valence-corrected chi connectivity index (χ2v) is 7.72. The van der Waals surface area contributed by atoms with Gasteiger partial charge in [-0.05, 0) is 49.4 Å². The molecule has 0 aliphatic carbocycles. The van der Waals surface area contributed by atoms with E-state index in [1.54, 1.807) is 6.26 Å². The minimum atomic E-state index is -0.872. The molecule has 4 N–H and O–H groups in total. The molecule has 0 aliphatic heterocycles. The smallest absolute Gasteiger partial charge is 0.303 e. The number of carbonyl (C=O) groups excluding carboxylic acids is 1. The zero-order valence-electron chi connectivity index (χ0n) is 18.3. The molecule has 0 spiro atoms. The van der Waals surface area contributed by atoms with E-state index in [1.807, 2.05) is 36.4 Å². The van der Waals surface area contributed by atoms with Gasteiger partial charge in [-0.25, -0.2) is 4.98 Å². The summed E-state index contributed by atoms with van der Waals surface area (Å²) in [6.45, 7) is 0.451. The van der Waals surface area contributed by atoms with Gasteiger partial charge in [0.15, 0.2) is 0 Å². The molecule has 33 heavy (non-hydrogen) atoms. The number of amides is 1. The maximum Gasteiger partial charge on any atom is 0.303 e. The lowest BCUT2D eigenvalue weighted by atomic mass is 10.0. The van der Waals surface area contributed by atoms with Crippen LogP contribution in [0.3, 0.4) is 0 Å². The number of carboxylic acid groups (broad SMARTS) is 1. The molecule has 1 amide bonds. The van der Waals surface area contributed by atoms with Gasteiger partial charge < -0.3 is 20.6 Å². The van der Waals surface area contributed by atoms with Crippen molar-refractivity contribution in [1.82, 2.24) is 14.9 Å². The highest BCUT2D eigenvalue weighted by atomic mass is 16.4. The molecule has 2 aromatic heterocycles. The SMILES string of the molecule is Nc1nc(CCc2cccc(-c3ccco3)c2)cc(=O)n1CCNC(=O)CCCCC(=O)O. The van der Waals surface area contributed by atoms with Crippen molar-refractivity contribution in [3.8, 4) is 11.3 Å². The molecule has 174 valence electrons. The molecule has 0 radical (unpaired) electrons. The van der Waals surface area contributed by atoms with Gasteiger partial charge in [0.25, 0.3) is 5.56 Å². The highest BCUT2D eigenvalue weighted by Gasteiger charge is 2.09. The number of hydrogen-bond acceptors (Lipinski definition) is 6. The minimum Gasteiger partial charge on any atom is -0.481 e. The standard InChI is InChI=1S/C24H28N4O5/c25-24-27-19(11-10-17-5-3-6-18(15-17)20-7-4-14-33-20)16-22(30)28(24)13-12-26-21(29)8-1-2-9-23(31)32/h3-7,14-16H,1-2,8-13H2,(H2,25,27)(H,26,29)(H,31,32). The average Bonchev–Trinajstić information content (AvgIpc) is 3.32. The predicted molar refractivity (Wildman–Crippen MR) is 124 cm³/mol. The topological polar surface area (TPSA) is 140 Å². The molecule has 3 rings (SSSR count). The lowest BCUT2D eigenvalue weighted by Gasteiger charge is -2.11. The lowest BCUT2D eigenvalue weighted by molar-refractivity contribution is -0.137. The summed E-state index contributed by atoms with van der Waals surface area (Å²) in [5.41, 5.74) is 8.43. The Morgan fingerprint density at radius 3 is 2.64 bits per heavy atom. The first-order valence-electron chi connectivity index (χ1n) is 10.9. The highest BCUT2D eigenvalue weighted by Crippen LogP contribution is 2.21. The molecular weight excluding hydrogens is 424 g/mol. The molecule has 0 saturated carbocycles. The molecule has 1 aromatic carbocycles. The Morgan fingerprint density at radius 1 is 1.09 bits per heavy atom. The molecule has 0 fully saturated rings. The minimum absolute atomic E-state index is 0.0483. The summed E-state index contributed by atoms with van der Waals surface area (Å²) in [7, 11) is 0. The maximum atomic E-state index is 12.5. The van der Waals surface area contributed by atoms with E-state index in [9.17, 15) is 14.4 Å². The normalized spacial score (nSPS) is 10.8. The van der Waals surface area contributed by atoms with E-state index < -0.39 is 5.97 Å². The van der Waals surface area contributed by atoms with Crippen LogP contribution in [-0.2, 0) is 29.0 Å². The number of carboxylic acids is 1. The van der Waals surface area contributed by atoms with Crippen LogP contribution in [0.5, 0.6) is 0 Å². The number of nitrogens with one attached hydrogen (secondary N) is 1. The number of carbonyl (C=O) groups is 2. The molecule has 9 heteroatoms. The van der Waals surface area contributed by atoms with Crippen LogP contribution < -0.4 is 16.6 Å². The van der Waals surface area contributed by atoms with Crippen molar-refractivity contribution in [2.24, 2.45) is 0 Å². The molecule has 0 atom stereocenters. The van der Waals surface area contributed by atoms with Gasteiger partial charge >= 0.3 is 5.97 Å². The van der Waals surface area contributed by atoms with Crippen LogP contribution in [0.2, 0.25) is 0 Å². The quantitative estimate of drug-likeness (QED) is 0.359. The van der Waals surface area contributed by atoms with Crippen LogP contribution in [0, 0.1) is 0 Å². The van der Waals surface area contributed by atoms with E-state index in [1.165, 1.54) is 10.6 Å². The van der Waals surface area contributed by atoms with E-state index in [2.05, 4.69) is 10.3 Å². The average molecular weight is 453 g/mol. The zero-order chi connectivity index (χ0) is 23.6. The molecule has 0 bridgehead atoms. The van der Waals surface area contributed by atoms with Crippen LogP contribution in [0.25, 0.3) is 11.3 Å². The number of hydrogen-bond donors (Lipinski definition) is 3. The fraction of sp³-hybridized carbons (Fsp3) is 0.333. The Hall–Kier alpha value is -3.88. The number of aliphatic carboxylic acids is 1. The number of nitrogen functional groups attached to an aromatic ring is 1. The van der Waals surface area contributed by atoms with Crippen LogP contribution in [0.1, 0.15) is 36.9 Å². The highest BCUT2D eigenvalue weighted by molar-refractivity contribution is 5.75. The van der Waals surface area contributed by atoms with Crippen LogP contribution in [-0.4, -0.2) is 33.1 Å². The summed E-state index contributed by atoms with van der Waals surface area (Å²) in [5, 5.41) is 11.3. The number of rotatable bonds is 12. The second kappa shape index (κ2) is 11.7. The van der Waals surface area contributed by atoms with Crippen molar-refractivity contribution < 1.29 is 19.1 Å². The van der Waals surface area contributed by atoms with E-state index in [0.717, 1.165) is 16.9 Å². The van der Waals surface area contributed by atoms with Gasteiger partial charge in [-0.1, -0.05) is 18.2 Å².